The number of rotatable bonds is 5. The molecule has 1 amide bonds. The van der Waals surface area contributed by atoms with Gasteiger partial charge in [0.2, 0.25) is 5.91 Å². The molecule has 2 atom stereocenters. The van der Waals surface area contributed by atoms with Crippen LogP contribution in [0.4, 0.5) is 0 Å². The van der Waals surface area contributed by atoms with Crippen molar-refractivity contribution < 1.29 is 4.79 Å². The molecule has 1 saturated carbocycles. The number of likely N-dealkylation sites (N-methyl/N-ethyl adjacent to an activating group) is 1. The molecule has 0 aromatic carbocycles. The maximum Gasteiger partial charge on any atom is 0.243 e. The molecule has 1 fully saturated rings. The number of aliphatic imine (C=N–C) groups is 1. The highest BCUT2D eigenvalue weighted by molar-refractivity contribution is 5.84. The highest BCUT2D eigenvalue weighted by Crippen LogP contribution is 2.23. The maximum atomic E-state index is 11.6. The van der Waals surface area contributed by atoms with Crippen molar-refractivity contribution in [3.8, 4) is 0 Å². The zero-order valence-electron chi connectivity index (χ0n) is 13.4. The van der Waals surface area contributed by atoms with Gasteiger partial charge in [-0.3, -0.25) is 4.79 Å². The monoisotopic (exact) mass is 282 g/mol. The molecule has 0 bridgehead atoms. The summed E-state index contributed by atoms with van der Waals surface area (Å²) in [6.45, 7) is 5.51. The summed E-state index contributed by atoms with van der Waals surface area (Å²) in [5.41, 5.74) is 0. The molecule has 0 heterocycles. The van der Waals surface area contributed by atoms with Crippen LogP contribution in [0.15, 0.2) is 4.99 Å². The number of nitrogens with one attached hydrogen (secondary N) is 2. The highest BCUT2D eigenvalue weighted by Gasteiger charge is 2.19. The van der Waals surface area contributed by atoms with Gasteiger partial charge < -0.3 is 15.5 Å². The fraction of sp³-hybridized carbons (Fsp3) is 0.867. The van der Waals surface area contributed by atoms with Gasteiger partial charge in [0, 0.05) is 26.7 Å². The molecule has 0 saturated heterocycles. The molecule has 5 heteroatoms. The van der Waals surface area contributed by atoms with Gasteiger partial charge in [0.15, 0.2) is 5.96 Å². The Balaban J connectivity index is 2.53. The van der Waals surface area contributed by atoms with E-state index < -0.39 is 0 Å². The molecule has 1 rings (SSSR count). The Morgan fingerprint density at radius 1 is 1.35 bits per heavy atom. The summed E-state index contributed by atoms with van der Waals surface area (Å²) in [5, 5.41) is 6.78. The quantitative estimate of drug-likeness (QED) is 0.595. The van der Waals surface area contributed by atoms with E-state index in [2.05, 4.69) is 29.5 Å². The number of hydrogen-bond acceptors (Lipinski definition) is 2. The van der Waals surface area contributed by atoms with Crippen LogP contribution in [0.2, 0.25) is 0 Å². The van der Waals surface area contributed by atoms with Crippen molar-refractivity contribution >= 4 is 11.9 Å². The first kappa shape index (κ1) is 16.8. The molecule has 2 N–H and O–H groups in total. The average Bonchev–Trinajstić information content (AvgIpc) is 2.41. The van der Waals surface area contributed by atoms with Crippen LogP contribution in [0.25, 0.3) is 0 Å². The van der Waals surface area contributed by atoms with Crippen molar-refractivity contribution in [3.05, 3.63) is 0 Å². The van der Waals surface area contributed by atoms with E-state index in [0.29, 0.717) is 6.04 Å². The number of carbonyl (C=O) groups excluding carboxylic acids is 1. The maximum absolute atomic E-state index is 11.6. The van der Waals surface area contributed by atoms with E-state index in [1.807, 2.05) is 0 Å². The predicted octanol–water partition coefficient (Wildman–Crippen LogP) is 1.60. The highest BCUT2D eigenvalue weighted by atomic mass is 16.2. The number of guanidine groups is 1. The summed E-state index contributed by atoms with van der Waals surface area (Å²) < 4.78 is 0. The molecule has 0 aromatic heterocycles. The first-order valence-corrected chi connectivity index (χ1v) is 7.78. The average molecular weight is 282 g/mol. The van der Waals surface area contributed by atoms with Crippen molar-refractivity contribution in [1.82, 2.24) is 15.5 Å². The van der Waals surface area contributed by atoms with E-state index in [1.165, 1.54) is 25.7 Å². The second-order valence-electron chi connectivity index (χ2n) is 5.99. The van der Waals surface area contributed by atoms with E-state index in [4.69, 9.17) is 0 Å². The summed E-state index contributed by atoms with van der Waals surface area (Å²) in [6.07, 6.45) is 6.03. The predicted molar refractivity (Wildman–Crippen MR) is 83.8 cm³/mol. The van der Waals surface area contributed by atoms with Gasteiger partial charge in [-0.05, 0) is 25.2 Å². The van der Waals surface area contributed by atoms with Crippen LogP contribution in [0.1, 0.15) is 46.0 Å². The minimum atomic E-state index is 0.0274. The fourth-order valence-corrected chi connectivity index (χ4v) is 2.44. The number of nitrogens with zero attached hydrogens (tertiary/aromatic N) is 2. The van der Waals surface area contributed by atoms with Crippen LogP contribution in [0.5, 0.6) is 0 Å². The minimum Gasteiger partial charge on any atom is -0.356 e. The Morgan fingerprint density at radius 3 is 2.70 bits per heavy atom. The van der Waals surface area contributed by atoms with E-state index in [0.717, 1.165) is 24.8 Å². The summed E-state index contributed by atoms with van der Waals surface area (Å²) in [6, 6.07) is 0.483. The summed E-state index contributed by atoms with van der Waals surface area (Å²) in [7, 11) is 3.51. The van der Waals surface area contributed by atoms with Gasteiger partial charge in [-0.1, -0.05) is 26.7 Å². The van der Waals surface area contributed by atoms with Gasteiger partial charge in [-0.2, -0.15) is 0 Å². The zero-order chi connectivity index (χ0) is 15.0. The standard InChI is InChI=1S/C15H30N4O/c1-5-9-16-15(17-11-14(20)19(3)4)18-13-8-6-7-12(2)10-13/h12-13H,5-11H2,1-4H3,(H2,16,17,18). The smallest absolute Gasteiger partial charge is 0.243 e. The molecule has 20 heavy (non-hydrogen) atoms. The van der Waals surface area contributed by atoms with Crippen LogP contribution in [-0.4, -0.2) is 50.0 Å². The van der Waals surface area contributed by atoms with Crippen molar-refractivity contribution in [1.29, 1.82) is 0 Å². The van der Waals surface area contributed by atoms with Crippen LogP contribution in [-0.2, 0) is 4.79 Å². The Labute approximate surface area is 123 Å². The van der Waals surface area contributed by atoms with Crippen LogP contribution >= 0.6 is 0 Å². The Kier molecular flexibility index (Phi) is 7.41. The van der Waals surface area contributed by atoms with Crippen LogP contribution < -0.4 is 10.6 Å². The summed E-state index contributed by atoms with van der Waals surface area (Å²) >= 11 is 0. The molecule has 1 aliphatic rings. The van der Waals surface area contributed by atoms with Gasteiger partial charge in [-0.15, -0.1) is 0 Å². The minimum absolute atomic E-state index is 0.0274. The summed E-state index contributed by atoms with van der Waals surface area (Å²) in [4.78, 5) is 17.6. The first-order chi connectivity index (χ1) is 9.52. The van der Waals surface area contributed by atoms with Gasteiger partial charge in [0.1, 0.15) is 6.54 Å². The first-order valence-electron chi connectivity index (χ1n) is 7.78. The van der Waals surface area contributed by atoms with E-state index >= 15 is 0 Å². The molecule has 0 radical (unpaired) electrons. The molecule has 116 valence electrons. The third kappa shape index (κ3) is 6.26. The van der Waals surface area contributed by atoms with Gasteiger partial charge >= 0.3 is 0 Å². The topological polar surface area (TPSA) is 56.7 Å². The number of amides is 1. The van der Waals surface area contributed by atoms with Gasteiger partial charge in [0.25, 0.3) is 0 Å². The summed E-state index contributed by atoms with van der Waals surface area (Å²) in [5.74, 6) is 1.58. The van der Waals surface area contributed by atoms with Crippen molar-refractivity contribution in [2.45, 2.75) is 52.0 Å². The molecule has 0 spiro atoms. The van der Waals surface area contributed by atoms with Gasteiger partial charge in [-0.25, -0.2) is 4.99 Å². The fourth-order valence-electron chi connectivity index (χ4n) is 2.44. The largest absolute Gasteiger partial charge is 0.356 e. The number of hydrogen-bond donors (Lipinski definition) is 2. The third-order valence-electron chi connectivity index (χ3n) is 3.69. The molecular weight excluding hydrogens is 252 g/mol. The normalized spacial score (nSPS) is 23.3. The zero-order valence-corrected chi connectivity index (χ0v) is 13.4. The molecule has 5 nitrogen and oxygen atoms in total. The Hall–Kier alpha value is -1.26. The van der Waals surface area contributed by atoms with Crippen molar-refractivity contribution in [3.63, 3.8) is 0 Å². The lowest BCUT2D eigenvalue weighted by Gasteiger charge is -2.29. The second-order valence-corrected chi connectivity index (χ2v) is 5.99. The van der Waals surface area contributed by atoms with Crippen molar-refractivity contribution in [2.24, 2.45) is 10.9 Å². The van der Waals surface area contributed by atoms with E-state index in [1.54, 1.807) is 19.0 Å². The lowest BCUT2D eigenvalue weighted by Crippen LogP contribution is -2.45. The molecule has 1 aliphatic carbocycles. The molecule has 2 unspecified atom stereocenters. The van der Waals surface area contributed by atoms with E-state index in [9.17, 15) is 4.79 Å². The SMILES string of the molecule is CCCNC(=NCC(=O)N(C)C)NC1CCCC(C)C1. The Bertz CT molecular complexity index is 328. The molecular formula is C15H30N4O. The lowest BCUT2D eigenvalue weighted by atomic mass is 9.87. The Morgan fingerprint density at radius 2 is 2.10 bits per heavy atom. The van der Waals surface area contributed by atoms with Gasteiger partial charge in [0.05, 0.1) is 0 Å². The van der Waals surface area contributed by atoms with Crippen molar-refractivity contribution in [2.75, 3.05) is 27.2 Å². The number of carbonyl (C=O) groups is 1. The molecule has 0 aromatic rings. The van der Waals surface area contributed by atoms with Crippen LogP contribution in [0, 0.1) is 5.92 Å². The lowest BCUT2D eigenvalue weighted by molar-refractivity contribution is -0.127. The molecule has 0 aliphatic heterocycles. The third-order valence-corrected chi connectivity index (χ3v) is 3.69. The van der Waals surface area contributed by atoms with E-state index in [-0.39, 0.29) is 12.5 Å². The van der Waals surface area contributed by atoms with Crippen LogP contribution in [0.3, 0.4) is 0 Å². The second kappa shape index (κ2) is 8.82.